The number of esters is 1. The Morgan fingerprint density at radius 2 is 1.97 bits per heavy atom. The van der Waals surface area contributed by atoms with Crippen molar-refractivity contribution in [3.8, 4) is 0 Å². The maximum atomic E-state index is 17.1. The van der Waals surface area contributed by atoms with Crippen LogP contribution in [0.2, 0.25) is 19.6 Å². The average Bonchev–Trinajstić information content (AvgIpc) is 3.02. The minimum absolute atomic E-state index is 0.0312. The van der Waals surface area contributed by atoms with Gasteiger partial charge in [-0.2, -0.15) is 0 Å². The standard InChI is InChI=1S/C26H35FO5Si/c1-16(28)31-15-22(32-33(4,5)6)21-10-9-19-20-8-7-17-13-18(29)11-12-25(17,3)26(20,27)23(30)14-24(19,21)2/h10-13,15,19-20,23,30H,7-9,14H2,1-6H3/t19-,20-,23?,24-,25-,26-/m0/s1. The Morgan fingerprint density at radius 3 is 2.61 bits per heavy atom. The lowest BCUT2D eigenvalue weighted by Gasteiger charge is -2.61. The van der Waals surface area contributed by atoms with E-state index in [1.165, 1.54) is 19.3 Å². The third-order valence-electron chi connectivity index (χ3n) is 8.24. The third-order valence-corrected chi connectivity index (χ3v) is 9.07. The minimum Gasteiger partial charge on any atom is -0.542 e. The highest BCUT2D eigenvalue weighted by Crippen LogP contribution is 2.68. The first kappa shape index (κ1) is 24.1. The molecule has 4 aliphatic carbocycles. The predicted octanol–water partition coefficient (Wildman–Crippen LogP) is 5.15. The zero-order valence-corrected chi connectivity index (χ0v) is 21.4. The van der Waals surface area contributed by atoms with Crippen molar-refractivity contribution in [3.63, 3.8) is 0 Å². The summed E-state index contributed by atoms with van der Waals surface area (Å²) in [5.74, 6) is -0.443. The van der Waals surface area contributed by atoms with Crippen molar-refractivity contribution in [1.29, 1.82) is 0 Å². The van der Waals surface area contributed by atoms with Crippen LogP contribution < -0.4 is 0 Å². The highest BCUT2D eigenvalue weighted by Gasteiger charge is 2.69. The fraction of sp³-hybridized carbons (Fsp3) is 0.615. The Morgan fingerprint density at radius 1 is 1.27 bits per heavy atom. The Balaban J connectivity index is 1.73. The fourth-order valence-corrected chi connectivity index (χ4v) is 7.59. The molecule has 0 spiro atoms. The molecule has 0 saturated heterocycles. The van der Waals surface area contributed by atoms with Crippen LogP contribution in [0.1, 0.15) is 46.5 Å². The lowest BCUT2D eigenvalue weighted by atomic mass is 9.45. The number of fused-ring (bicyclic) bond motifs is 5. The van der Waals surface area contributed by atoms with Gasteiger partial charge in [-0.05, 0) is 75.9 Å². The molecule has 4 aliphatic rings. The van der Waals surface area contributed by atoms with E-state index in [9.17, 15) is 14.7 Å². The van der Waals surface area contributed by atoms with E-state index in [0.717, 1.165) is 11.1 Å². The van der Waals surface area contributed by atoms with Crippen molar-refractivity contribution in [2.75, 3.05) is 0 Å². The van der Waals surface area contributed by atoms with Crippen LogP contribution in [0.5, 0.6) is 0 Å². The predicted molar refractivity (Wildman–Crippen MR) is 126 cm³/mol. The fourth-order valence-electron chi connectivity index (χ4n) is 6.77. The van der Waals surface area contributed by atoms with Gasteiger partial charge in [-0.15, -0.1) is 0 Å². The first-order valence-electron chi connectivity index (χ1n) is 11.8. The molecule has 4 rings (SSSR count). The van der Waals surface area contributed by atoms with Gasteiger partial charge in [0.15, 0.2) is 11.5 Å². The van der Waals surface area contributed by atoms with Crippen LogP contribution in [-0.4, -0.2) is 36.9 Å². The van der Waals surface area contributed by atoms with Gasteiger partial charge in [0.2, 0.25) is 8.32 Å². The SMILES string of the molecule is CC(=O)OC=C(O[Si](C)(C)C)C1=CC[C@H]2[C@@H]3CCC4=CC(=O)C=C[C@]4(C)[C@@]3(F)C(O)C[C@]12C. The molecule has 33 heavy (non-hydrogen) atoms. The lowest BCUT2D eigenvalue weighted by Crippen LogP contribution is -2.66. The number of aliphatic hydroxyl groups excluding tert-OH is 1. The molecule has 0 aliphatic heterocycles. The number of aliphatic hydroxyl groups is 1. The first-order valence-corrected chi connectivity index (χ1v) is 15.2. The molecule has 7 heteroatoms. The van der Waals surface area contributed by atoms with Crippen molar-refractivity contribution in [2.45, 2.75) is 77.9 Å². The van der Waals surface area contributed by atoms with Gasteiger partial charge < -0.3 is 14.3 Å². The molecule has 0 aromatic heterocycles. The molecular formula is C26H35FO5Si. The van der Waals surface area contributed by atoms with E-state index < -0.39 is 36.9 Å². The van der Waals surface area contributed by atoms with Crippen LogP contribution in [0.4, 0.5) is 4.39 Å². The third kappa shape index (κ3) is 3.68. The Kier molecular flexibility index (Phi) is 5.68. The molecule has 1 N–H and O–H groups in total. The lowest BCUT2D eigenvalue weighted by molar-refractivity contribution is -0.185. The molecule has 6 atom stereocenters. The number of hydrogen-bond donors (Lipinski definition) is 1. The summed E-state index contributed by atoms with van der Waals surface area (Å²) in [4.78, 5) is 23.5. The van der Waals surface area contributed by atoms with Crippen LogP contribution >= 0.6 is 0 Å². The highest BCUT2D eigenvalue weighted by atomic mass is 28.4. The zero-order valence-electron chi connectivity index (χ0n) is 20.4. The summed E-state index contributed by atoms with van der Waals surface area (Å²) in [5.41, 5.74) is -1.71. The second-order valence-corrected chi connectivity index (χ2v) is 15.9. The van der Waals surface area contributed by atoms with Crippen LogP contribution in [0.25, 0.3) is 0 Å². The van der Waals surface area contributed by atoms with E-state index in [0.29, 0.717) is 25.0 Å². The summed E-state index contributed by atoms with van der Waals surface area (Å²) in [6.07, 6.45) is 9.02. The van der Waals surface area contributed by atoms with Gasteiger partial charge in [0.25, 0.3) is 0 Å². The monoisotopic (exact) mass is 474 g/mol. The van der Waals surface area contributed by atoms with Crippen molar-refractivity contribution >= 4 is 20.1 Å². The van der Waals surface area contributed by atoms with Crippen LogP contribution in [0, 0.1) is 22.7 Å². The van der Waals surface area contributed by atoms with Crippen LogP contribution in [0.15, 0.2) is 47.5 Å². The van der Waals surface area contributed by atoms with E-state index in [-0.39, 0.29) is 24.0 Å². The second-order valence-electron chi connectivity index (χ2n) is 11.4. The summed E-state index contributed by atoms with van der Waals surface area (Å²) < 4.78 is 28.7. The van der Waals surface area contributed by atoms with E-state index in [4.69, 9.17) is 9.16 Å². The molecule has 0 aromatic rings. The summed E-state index contributed by atoms with van der Waals surface area (Å²) in [6, 6.07) is 0. The van der Waals surface area contributed by atoms with Crippen LogP contribution in [0.3, 0.4) is 0 Å². The number of carbonyl (C=O) groups excluding carboxylic acids is 2. The number of rotatable bonds is 4. The van der Waals surface area contributed by atoms with E-state index in [2.05, 4.69) is 32.6 Å². The van der Waals surface area contributed by atoms with Gasteiger partial charge in [-0.1, -0.05) is 24.6 Å². The van der Waals surface area contributed by atoms with Gasteiger partial charge in [-0.3, -0.25) is 9.59 Å². The molecule has 2 fully saturated rings. The number of hydrogen-bond acceptors (Lipinski definition) is 5. The van der Waals surface area contributed by atoms with Gasteiger partial charge >= 0.3 is 5.97 Å². The molecule has 0 heterocycles. The number of allylic oxidation sites excluding steroid dienone is 6. The molecule has 180 valence electrons. The molecule has 2 saturated carbocycles. The van der Waals surface area contributed by atoms with Gasteiger partial charge in [-0.25, -0.2) is 4.39 Å². The van der Waals surface area contributed by atoms with E-state index in [1.54, 1.807) is 12.2 Å². The summed E-state index contributed by atoms with van der Waals surface area (Å²) in [5, 5.41) is 11.4. The normalized spacial score (nSPS) is 40.3. The van der Waals surface area contributed by atoms with Crippen molar-refractivity contribution in [1.82, 2.24) is 0 Å². The van der Waals surface area contributed by atoms with Gasteiger partial charge in [0.1, 0.15) is 12.0 Å². The molecule has 1 unspecified atom stereocenters. The number of alkyl halides is 1. The Labute approximate surface area is 196 Å². The maximum Gasteiger partial charge on any atom is 0.307 e. The number of ether oxygens (including phenoxy) is 1. The number of carbonyl (C=O) groups is 2. The molecule has 0 amide bonds. The molecule has 5 nitrogen and oxygen atoms in total. The van der Waals surface area contributed by atoms with E-state index >= 15 is 4.39 Å². The zero-order chi connectivity index (χ0) is 24.4. The van der Waals surface area contributed by atoms with E-state index in [1.807, 2.05) is 6.92 Å². The number of ketones is 1. The van der Waals surface area contributed by atoms with Crippen LogP contribution in [-0.2, 0) is 18.8 Å². The van der Waals surface area contributed by atoms with Gasteiger partial charge in [0.05, 0.1) is 6.10 Å². The Bertz CT molecular complexity index is 1000. The summed E-state index contributed by atoms with van der Waals surface area (Å²) in [7, 11) is -2.04. The molecule has 0 bridgehead atoms. The Hall–Kier alpha value is -1.99. The quantitative estimate of drug-likeness (QED) is 0.347. The van der Waals surface area contributed by atoms with Crippen molar-refractivity contribution in [3.05, 3.63) is 47.5 Å². The molecule has 0 radical (unpaired) electrons. The minimum atomic E-state index is -2.04. The van der Waals surface area contributed by atoms with Crippen molar-refractivity contribution < 1.29 is 28.2 Å². The second kappa shape index (κ2) is 7.77. The smallest absolute Gasteiger partial charge is 0.307 e. The topological polar surface area (TPSA) is 72.8 Å². The van der Waals surface area contributed by atoms with Gasteiger partial charge in [0, 0.05) is 23.7 Å². The van der Waals surface area contributed by atoms with Crippen molar-refractivity contribution in [2.24, 2.45) is 22.7 Å². The highest BCUT2D eigenvalue weighted by molar-refractivity contribution is 6.70. The number of halogens is 1. The molecular weight excluding hydrogens is 439 g/mol. The first-order chi connectivity index (χ1) is 15.2. The summed E-state index contributed by atoms with van der Waals surface area (Å²) >= 11 is 0. The molecule has 0 aromatic carbocycles. The average molecular weight is 475 g/mol. The summed E-state index contributed by atoms with van der Waals surface area (Å²) in [6.45, 7) is 11.4. The maximum absolute atomic E-state index is 17.1. The largest absolute Gasteiger partial charge is 0.542 e.